The summed E-state index contributed by atoms with van der Waals surface area (Å²) in [6.45, 7) is 14.3. The first-order valence-electron chi connectivity index (χ1n) is 14.4. The van der Waals surface area contributed by atoms with Crippen molar-refractivity contribution in [1.29, 1.82) is 0 Å². The Morgan fingerprint density at radius 1 is 0.722 bits per heavy atom. The fourth-order valence-electron chi connectivity index (χ4n) is 8.13. The molecule has 0 saturated heterocycles. The van der Waals surface area contributed by atoms with Gasteiger partial charge in [-0.15, -0.1) is 0 Å². The fourth-order valence-corrected chi connectivity index (χ4v) is 20.1. The summed E-state index contributed by atoms with van der Waals surface area (Å²) < 4.78 is 6.48. The van der Waals surface area contributed by atoms with Crippen molar-refractivity contribution in [3.63, 3.8) is 0 Å². The quantitative estimate of drug-likeness (QED) is 0.380. The van der Waals surface area contributed by atoms with E-state index in [4.69, 9.17) is 0 Å². The van der Waals surface area contributed by atoms with Crippen LogP contribution < -0.4 is 3.80 Å². The molecule has 36 heavy (non-hydrogen) atoms. The van der Waals surface area contributed by atoms with Gasteiger partial charge in [-0.1, -0.05) is 60.7 Å². The summed E-state index contributed by atoms with van der Waals surface area (Å²) >= 11 is -1.32. The maximum atomic E-state index is 4.55. The Bertz CT molecular complexity index is 1040. The third kappa shape index (κ3) is 5.35. The second-order valence-corrected chi connectivity index (χ2v) is 25.3. The van der Waals surface area contributed by atoms with Crippen molar-refractivity contribution < 1.29 is 17.4 Å². The molecule has 1 nitrogen and oxygen atoms in total. The van der Waals surface area contributed by atoms with Crippen LogP contribution in [0.4, 0.5) is 0 Å². The van der Waals surface area contributed by atoms with Crippen LogP contribution in [0.25, 0.3) is 11.1 Å². The Hall–Kier alpha value is -1.19. The first-order valence-corrected chi connectivity index (χ1v) is 21.6. The first-order chi connectivity index (χ1) is 17.3. The zero-order valence-electron chi connectivity index (χ0n) is 23.4. The molecule has 0 amide bonds. The van der Waals surface area contributed by atoms with Gasteiger partial charge >= 0.3 is 157 Å². The third-order valence-corrected chi connectivity index (χ3v) is 21.7. The van der Waals surface area contributed by atoms with Crippen LogP contribution in [0.15, 0.2) is 81.3 Å². The molecule has 0 heterocycles. The van der Waals surface area contributed by atoms with E-state index >= 15 is 0 Å². The maximum absolute atomic E-state index is 4.55. The minimum absolute atomic E-state index is 0.568. The Morgan fingerprint density at radius 3 is 1.53 bits per heavy atom. The van der Waals surface area contributed by atoms with Crippen LogP contribution in [-0.2, 0) is 17.4 Å². The second kappa shape index (κ2) is 10.9. The van der Waals surface area contributed by atoms with Crippen LogP contribution in [0, 0.1) is 23.7 Å². The Labute approximate surface area is 227 Å². The Morgan fingerprint density at radius 2 is 1.17 bits per heavy atom. The normalized spacial score (nSPS) is 30.6. The Balaban J connectivity index is 0.000000186. The van der Waals surface area contributed by atoms with E-state index in [-0.39, 0.29) is 0 Å². The number of hydrogen-bond donors (Lipinski definition) is 1. The van der Waals surface area contributed by atoms with Gasteiger partial charge in [-0.05, 0) is 11.1 Å². The van der Waals surface area contributed by atoms with E-state index in [9.17, 15) is 0 Å². The second-order valence-electron chi connectivity index (χ2n) is 12.7. The zero-order chi connectivity index (χ0) is 25.4. The fraction of sp³-hybridized carbons (Fsp3) is 0.515. The average molecular weight is 533 g/mol. The van der Waals surface area contributed by atoms with E-state index in [1.54, 1.807) is 36.0 Å². The van der Waals surface area contributed by atoms with Crippen LogP contribution in [0.3, 0.4) is 0 Å². The summed E-state index contributed by atoms with van der Waals surface area (Å²) in [7, 11) is 0. The molecule has 3 heteroatoms. The van der Waals surface area contributed by atoms with Crippen molar-refractivity contribution in [2.45, 2.75) is 84.9 Å². The van der Waals surface area contributed by atoms with Gasteiger partial charge in [0.25, 0.3) is 0 Å². The average Bonchev–Trinajstić information content (AvgIpc) is 3.05. The van der Waals surface area contributed by atoms with Gasteiger partial charge in [0, 0.05) is 0 Å². The summed E-state index contributed by atoms with van der Waals surface area (Å²) in [5.41, 5.74) is 8.09. The van der Waals surface area contributed by atoms with E-state index in [1.165, 1.54) is 30.4 Å². The minimum Gasteiger partial charge on any atom is -0.0622 e. The minimum atomic E-state index is -1.32. The van der Waals surface area contributed by atoms with Gasteiger partial charge in [-0.3, -0.25) is 0 Å². The summed E-state index contributed by atoms with van der Waals surface area (Å²) in [6, 6.07) is 20.8. The molecular weight excluding hydrogens is 486 g/mol. The summed E-state index contributed by atoms with van der Waals surface area (Å²) in [6.07, 6.45) is 9.24. The van der Waals surface area contributed by atoms with Crippen LogP contribution in [0.5, 0.6) is 0 Å². The molecule has 1 atom stereocenters. The molecule has 4 saturated carbocycles. The van der Waals surface area contributed by atoms with Gasteiger partial charge in [-0.25, -0.2) is 0 Å². The topological polar surface area (TPSA) is 12.0 Å². The van der Waals surface area contributed by atoms with E-state index in [1.807, 2.05) is 16.0 Å². The largest absolute Gasteiger partial charge is 0.0622 e. The van der Waals surface area contributed by atoms with E-state index in [2.05, 4.69) is 93.1 Å². The molecule has 5 aliphatic rings. The molecule has 5 aliphatic carbocycles. The molecule has 1 unspecified atom stereocenters. The van der Waals surface area contributed by atoms with Gasteiger partial charge in [0.1, 0.15) is 0 Å². The molecule has 0 radical (unpaired) electrons. The van der Waals surface area contributed by atoms with Crippen molar-refractivity contribution >= 4 is 6.66 Å². The number of allylic oxidation sites excluding steroid dienone is 4. The molecular formula is C33H46NSiTi. The standard InChI is InChI=1S/C12H10.C10H16N.C9H13.C2H7Si.Ti/c1-3-7-11(8-4-1)12-9-5-2-6-10-12;11-10-4-7-1-8(5-10)3-9(2-7)6-10;1-6-5-7(2)9(4)8(6)3;1-3-2;/h1-10H;7-9,11H,1-6H2;6H,1-4H3;3H,1-2H3;/q;-1;;;+1. The number of rotatable bonds is 5. The van der Waals surface area contributed by atoms with Crippen LogP contribution in [-0.4, -0.2) is 12.2 Å². The van der Waals surface area contributed by atoms with Gasteiger partial charge < -0.3 is 0 Å². The van der Waals surface area contributed by atoms with Crippen molar-refractivity contribution in [3.8, 4) is 11.1 Å². The van der Waals surface area contributed by atoms with Gasteiger partial charge in [0.2, 0.25) is 0 Å². The van der Waals surface area contributed by atoms with Gasteiger partial charge in [0.15, 0.2) is 0 Å². The monoisotopic (exact) mass is 532 g/mol. The van der Waals surface area contributed by atoms with Crippen LogP contribution in [0.1, 0.15) is 66.2 Å². The van der Waals surface area contributed by atoms with Crippen molar-refractivity contribution in [1.82, 2.24) is 3.80 Å². The molecule has 4 fully saturated rings. The van der Waals surface area contributed by atoms with Crippen molar-refractivity contribution in [2.24, 2.45) is 23.7 Å². The molecule has 2 aromatic carbocycles. The van der Waals surface area contributed by atoms with Crippen LogP contribution >= 0.6 is 0 Å². The van der Waals surface area contributed by atoms with Crippen molar-refractivity contribution in [3.05, 3.63) is 81.3 Å². The van der Waals surface area contributed by atoms with E-state index in [0.29, 0.717) is 5.54 Å². The molecule has 2 aromatic rings. The van der Waals surface area contributed by atoms with Crippen molar-refractivity contribution in [2.75, 3.05) is 0 Å². The number of nitrogens with one attached hydrogen (secondary N) is 1. The SMILES string of the molecule is CC1=C(C)C(C)[C]([Ti]([NH]C23CC4CC(CC(C4)C2)C3)[SiH](C)C)=C1C.c1ccc(-c2ccccc2)cc1. The summed E-state index contributed by atoms with van der Waals surface area (Å²) in [5.74, 6) is 3.93. The summed E-state index contributed by atoms with van der Waals surface area (Å²) in [4.78, 5) is 0. The first kappa shape index (κ1) is 26.4. The molecule has 0 aromatic heterocycles. The van der Waals surface area contributed by atoms with E-state index < -0.39 is 24.0 Å². The third-order valence-electron chi connectivity index (χ3n) is 9.83. The smallest absolute Gasteiger partial charge is 0.0184 e. The molecule has 1 N–H and O–H groups in total. The molecule has 4 bridgehead atoms. The predicted molar refractivity (Wildman–Crippen MR) is 155 cm³/mol. The van der Waals surface area contributed by atoms with E-state index in [0.717, 1.165) is 23.7 Å². The molecule has 191 valence electrons. The van der Waals surface area contributed by atoms with Gasteiger partial charge in [0.05, 0.1) is 0 Å². The molecule has 0 spiro atoms. The molecule has 7 rings (SSSR count). The zero-order valence-corrected chi connectivity index (χ0v) is 26.1. The summed E-state index contributed by atoms with van der Waals surface area (Å²) in [5, 5.41) is 0. The number of benzene rings is 2. The predicted octanol–water partition coefficient (Wildman–Crippen LogP) is 8.68. The Kier molecular flexibility index (Phi) is 7.99. The van der Waals surface area contributed by atoms with Gasteiger partial charge in [-0.2, -0.15) is 0 Å². The maximum Gasteiger partial charge on any atom is -0.0184 e. The number of hydrogen-bond acceptors (Lipinski definition) is 1. The van der Waals surface area contributed by atoms with Crippen LogP contribution in [0.2, 0.25) is 13.1 Å². The molecule has 0 aliphatic heterocycles.